The number of unbranched alkanes of at least 4 members (excludes halogenated alkanes) is 8. The first-order valence-corrected chi connectivity index (χ1v) is 11.5. The Balaban J connectivity index is 1.97. The van der Waals surface area contributed by atoms with E-state index >= 15 is 0 Å². The number of cyclic esters (lactones) is 2. The first-order chi connectivity index (χ1) is 14.8. The van der Waals surface area contributed by atoms with Gasteiger partial charge in [-0.05, 0) is 18.6 Å². The summed E-state index contributed by atoms with van der Waals surface area (Å²) in [4.78, 5) is 24.4. The van der Waals surface area contributed by atoms with Gasteiger partial charge in [0.05, 0.1) is 9.75 Å². The van der Waals surface area contributed by atoms with Crippen LogP contribution < -0.4 is 5.73 Å². The zero-order chi connectivity index (χ0) is 22.7. The molecule has 0 radical (unpaired) electrons. The van der Waals surface area contributed by atoms with Crippen molar-refractivity contribution >= 4 is 23.3 Å². The summed E-state index contributed by atoms with van der Waals surface area (Å²) in [6.45, 7) is 1.25. The number of aliphatic hydroxyl groups excluding tert-OH is 1. The molecule has 4 N–H and O–H groups in total. The molecule has 1 aromatic rings. The van der Waals surface area contributed by atoms with Crippen LogP contribution in [0.4, 0.5) is 0 Å². The second-order valence-electron chi connectivity index (χ2n) is 7.56. The third-order valence-corrected chi connectivity index (χ3v) is 6.09. The molecule has 2 atom stereocenters. The lowest BCUT2D eigenvalue weighted by Crippen LogP contribution is -2.65. The topological polar surface area (TPSA) is 119 Å². The normalized spacial score (nSPS) is 24.4. The number of carbonyl (C=O) groups excluding carboxylic acids is 2. The fourth-order valence-electron chi connectivity index (χ4n) is 3.17. The number of carbonyl (C=O) groups is 2. The molecule has 0 saturated carbocycles. The molecule has 1 aromatic heterocycles. The van der Waals surface area contributed by atoms with E-state index in [9.17, 15) is 19.8 Å². The van der Waals surface area contributed by atoms with E-state index in [4.69, 9.17) is 15.2 Å². The number of hydrogen-bond donors (Lipinski definition) is 3. The summed E-state index contributed by atoms with van der Waals surface area (Å²) < 4.78 is 10.0. The summed E-state index contributed by atoms with van der Waals surface area (Å²) in [5.41, 5.74) is 3.56. The van der Waals surface area contributed by atoms with Gasteiger partial charge in [-0.15, -0.1) is 11.3 Å². The molecule has 0 saturated heterocycles. The lowest BCUT2D eigenvalue weighted by Gasteiger charge is -2.40. The molecule has 31 heavy (non-hydrogen) atoms. The molecule has 0 aromatic carbocycles. The average Bonchev–Trinajstić information content (AvgIpc) is 3.22. The van der Waals surface area contributed by atoms with Gasteiger partial charge in [0.1, 0.15) is 6.61 Å². The molecule has 8 heteroatoms. The third-order valence-electron chi connectivity index (χ3n) is 5.00. The fourth-order valence-corrected chi connectivity index (χ4v) is 4.15. The Bertz CT molecular complexity index is 839. The van der Waals surface area contributed by atoms with Crippen molar-refractivity contribution in [2.24, 2.45) is 5.73 Å². The van der Waals surface area contributed by atoms with E-state index in [-0.39, 0.29) is 4.88 Å². The van der Waals surface area contributed by atoms with Crippen LogP contribution in [0.2, 0.25) is 0 Å². The maximum atomic E-state index is 11.9. The number of aliphatic hydroxyl groups is 2. The first-order valence-electron chi connectivity index (χ1n) is 10.7. The van der Waals surface area contributed by atoms with Gasteiger partial charge in [0.25, 0.3) is 5.72 Å². The van der Waals surface area contributed by atoms with E-state index in [1.54, 1.807) is 6.07 Å². The molecule has 7 nitrogen and oxygen atoms in total. The number of ether oxygens (including phenoxy) is 2. The van der Waals surface area contributed by atoms with Gasteiger partial charge in [-0.3, -0.25) is 5.73 Å². The van der Waals surface area contributed by atoms with Gasteiger partial charge in [-0.1, -0.05) is 63.7 Å². The van der Waals surface area contributed by atoms with Gasteiger partial charge < -0.3 is 19.7 Å². The van der Waals surface area contributed by atoms with Crippen molar-refractivity contribution in [3.05, 3.63) is 34.0 Å². The molecular weight excluding hydrogens is 418 g/mol. The smallest absolute Gasteiger partial charge is 0.334 e. The molecule has 0 fully saturated rings. The largest absolute Gasteiger partial charge is 0.431 e. The van der Waals surface area contributed by atoms with Crippen molar-refractivity contribution in [2.45, 2.75) is 76.2 Å². The van der Waals surface area contributed by atoms with Crippen LogP contribution in [0.15, 0.2) is 24.3 Å². The van der Waals surface area contributed by atoms with E-state index in [2.05, 4.69) is 18.8 Å². The van der Waals surface area contributed by atoms with E-state index in [1.807, 2.05) is 0 Å². The number of hydrogen-bond acceptors (Lipinski definition) is 8. The fraction of sp³-hybridized carbons (Fsp3) is 0.565. The molecule has 2 unspecified atom stereocenters. The third kappa shape index (κ3) is 6.91. The Kier molecular flexibility index (Phi) is 9.72. The molecule has 2 heterocycles. The van der Waals surface area contributed by atoms with Crippen LogP contribution in [0.1, 0.15) is 74.5 Å². The van der Waals surface area contributed by atoms with Gasteiger partial charge in [0, 0.05) is 18.6 Å². The summed E-state index contributed by atoms with van der Waals surface area (Å²) in [7, 11) is 0. The van der Waals surface area contributed by atoms with E-state index in [0.717, 1.165) is 42.8 Å². The Morgan fingerprint density at radius 2 is 1.61 bits per heavy atom. The SMILES string of the molecule is CCCCCCCCCCC#Cc1ccc(C2(O)OC(=O)/C=C\C(=O)OC2(N)CO)s1. The second kappa shape index (κ2) is 12.0. The summed E-state index contributed by atoms with van der Waals surface area (Å²) >= 11 is 1.05. The number of nitrogens with two attached hydrogens (primary N) is 1. The summed E-state index contributed by atoms with van der Waals surface area (Å²) in [5, 5.41) is 20.7. The average molecular weight is 450 g/mol. The highest BCUT2D eigenvalue weighted by Crippen LogP contribution is 2.38. The summed E-state index contributed by atoms with van der Waals surface area (Å²) in [5.74, 6) is 1.61. The number of rotatable bonds is 10. The van der Waals surface area contributed by atoms with Crippen molar-refractivity contribution in [1.82, 2.24) is 0 Å². The van der Waals surface area contributed by atoms with E-state index in [1.165, 1.54) is 44.6 Å². The maximum absolute atomic E-state index is 11.9. The number of esters is 2. The lowest BCUT2D eigenvalue weighted by atomic mass is 10.0. The Morgan fingerprint density at radius 1 is 1.00 bits per heavy atom. The molecule has 0 amide bonds. The predicted octanol–water partition coefficient (Wildman–Crippen LogP) is 3.08. The monoisotopic (exact) mass is 449 g/mol. The van der Waals surface area contributed by atoms with Gasteiger partial charge in [-0.25, -0.2) is 9.59 Å². The van der Waals surface area contributed by atoms with Crippen LogP contribution in [0.3, 0.4) is 0 Å². The molecule has 0 bridgehead atoms. The molecule has 170 valence electrons. The highest BCUT2D eigenvalue weighted by molar-refractivity contribution is 7.12. The Morgan fingerprint density at radius 3 is 2.26 bits per heavy atom. The second-order valence-corrected chi connectivity index (χ2v) is 8.64. The van der Waals surface area contributed by atoms with Crippen molar-refractivity contribution in [2.75, 3.05) is 6.61 Å². The van der Waals surface area contributed by atoms with E-state index in [0.29, 0.717) is 4.88 Å². The van der Waals surface area contributed by atoms with Gasteiger partial charge in [0.15, 0.2) is 0 Å². The Hall–Kier alpha value is -2.18. The first kappa shape index (κ1) is 25.1. The minimum Gasteiger partial charge on any atom is -0.431 e. The van der Waals surface area contributed by atoms with Crippen molar-refractivity contribution in [1.29, 1.82) is 0 Å². The number of thiophene rings is 1. The zero-order valence-electron chi connectivity index (χ0n) is 17.9. The van der Waals surface area contributed by atoms with Crippen LogP contribution in [-0.4, -0.2) is 34.5 Å². The van der Waals surface area contributed by atoms with Gasteiger partial charge >= 0.3 is 17.7 Å². The molecule has 2 rings (SSSR count). The van der Waals surface area contributed by atoms with Crippen LogP contribution >= 0.6 is 11.3 Å². The standard InChI is InChI=1S/C23H31NO6S/c1-2-3-4-5-6-7-8-9-10-11-12-18-13-14-19(31-18)23(28)22(24,17-25)29-20(26)15-16-21(27)30-23/h13-16,25,28H,2-10,17,24H2,1H3/b16-15-. The van der Waals surface area contributed by atoms with Crippen LogP contribution in [0.5, 0.6) is 0 Å². The molecule has 0 aliphatic carbocycles. The highest BCUT2D eigenvalue weighted by Gasteiger charge is 2.57. The van der Waals surface area contributed by atoms with Crippen LogP contribution in [0, 0.1) is 11.8 Å². The minimum absolute atomic E-state index is 0.0943. The molecule has 1 aliphatic rings. The molecule has 0 spiro atoms. The Labute approximate surface area is 187 Å². The van der Waals surface area contributed by atoms with Gasteiger partial charge in [0.2, 0.25) is 0 Å². The summed E-state index contributed by atoms with van der Waals surface area (Å²) in [6.07, 6.45) is 12.3. The van der Waals surface area contributed by atoms with Crippen LogP contribution in [0.25, 0.3) is 0 Å². The van der Waals surface area contributed by atoms with Crippen molar-refractivity contribution in [3.63, 3.8) is 0 Å². The maximum Gasteiger partial charge on any atom is 0.334 e. The zero-order valence-corrected chi connectivity index (χ0v) is 18.7. The van der Waals surface area contributed by atoms with Crippen molar-refractivity contribution in [3.8, 4) is 11.8 Å². The van der Waals surface area contributed by atoms with Crippen LogP contribution in [-0.2, 0) is 24.8 Å². The quantitative estimate of drug-likeness (QED) is 0.285. The lowest BCUT2D eigenvalue weighted by molar-refractivity contribution is -0.302. The highest BCUT2D eigenvalue weighted by atomic mass is 32.1. The predicted molar refractivity (Wildman–Crippen MR) is 118 cm³/mol. The van der Waals surface area contributed by atoms with Crippen molar-refractivity contribution < 1.29 is 29.3 Å². The van der Waals surface area contributed by atoms with Gasteiger partial charge in [-0.2, -0.15) is 0 Å². The molecular formula is C23H31NO6S. The molecule has 1 aliphatic heterocycles. The summed E-state index contributed by atoms with van der Waals surface area (Å²) in [6, 6.07) is 3.13. The minimum atomic E-state index is -2.55. The van der Waals surface area contributed by atoms with E-state index < -0.39 is 30.1 Å².